The average Bonchev–Trinajstić information content (AvgIpc) is 2.70. The predicted molar refractivity (Wildman–Crippen MR) is 115 cm³/mol. The van der Waals surface area contributed by atoms with Gasteiger partial charge in [-0.1, -0.05) is 12.1 Å². The largest absolute Gasteiger partial charge is 0.497 e. The smallest absolute Gasteiger partial charge is 0.254 e. The van der Waals surface area contributed by atoms with Gasteiger partial charge in [0, 0.05) is 43.9 Å². The van der Waals surface area contributed by atoms with Crippen molar-refractivity contribution in [2.24, 2.45) is 0 Å². The molecule has 0 atom stereocenters. The summed E-state index contributed by atoms with van der Waals surface area (Å²) in [6, 6.07) is 9.42. The molecule has 1 fully saturated rings. The summed E-state index contributed by atoms with van der Waals surface area (Å²) in [4.78, 5) is 29.2. The van der Waals surface area contributed by atoms with E-state index in [4.69, 9.17) is 4.74 Å². The Balaban J connectivity index is 1.68. The predicted octanol–water partition coefficient (Wildman–Crippen LogP) is 3.78. The number of ketones is 1. The first-order chi connectivity index (χ1) is 13.8. The van der Waals surface area contributed by atoms with Crippen molar-refractivity contribution in [2.75, 3.05) is 33.3 Å². The lowest BCUT2D eigenvalue weighted by molar-refractivity contribution is 0.0627. The molecule has 1 aliphatic heterocycles. The van der Waals surface area contributed by atoms with Gasteiger partial charge in [-0.2, -0.15) is 0 Å². The number of ether oxygens (including phenoxy) is 1. The summed E-state index contributed by atoms with van der Waals surface area (Å²) >= 11 is 0. The molecule has 154 valence electrons. The van der Waals surface area contributed by atoms with Crippen LogP contribution in [0.1, 0.15) is 49.9 Å². The van der Waals surface area contributed by atoms with E-state index in [1.807, 2.05) is 30.0 Å². The van der Waals surface area contributed by atoms with Gasteiger partial charge < -0.3 is 9.64 Å². The maximum Gasteiger partial charge on any atom is 0.254 e. The van der Waals surface area contributed by atoms with E-state index >= 15 is 0 Å². The number of methoxy groups -OCH3 is 1. The highest BCUT2D eigenvalue weighted by atomic mass is 16.5. The molecule has 1 amide bonds. The van der Waals surface area contributed by atoms with Gasteiger partial charge in [-0.15, -0.1) is 0 Å². The van der Waals surface area contributed by atoms with Crippen LogP contribution in [0.15, 0.2) is 30.3 Å². The second-order valence-corrected chi connectivity index (χ2v) is 7.85. The Morgan fingerprint density at radius 1 is 1.00 bits per heavy atom. The molecule has 1 aliphatic rings. The third kappa shape index (κ3) is 4.51. The van der Waals surface area contributed by atoms with Gasteiger partial charge in [0.1, 0.15) is 5.75 Å². The van der Waals surface area contributed by atoms with Crippen molar-refractivity contribution in [3.63, 3.8) is 0 Å². The molecule has 0 spiro atoms. The summed E-state index contributed by atoms with van der Waals surface area (Å²) in [7, 11) is 1.61. The second-order valence-electron chi connectivity index (χ2n) is 7.85. The van der Waals surface area contributed by atoms with Crippen LogP contribution in [-0.2, 0) is 6.54 Å². The van der Waals surface area contributed by atoms with E-state index in [0.29, 0.717) is 24.4 Å². The zero-order valence-corrected chi connectivity index (χ0v) is 18.0. The number of rotatable bonds is 5. The molecule has 5 heteroatoms. The van der Waals surface area contributed by atoms with E-state index < -0.39 is 0 Å². The Labute approximate surface area is 173 Å². The van der Waals surface area contributed by atoms with Crippen molar-refractivity contribution in [1.82, 2.24) is 9.80 Å². The van der Waals surface area contributed by atoms with E-state index in [9.17, 15) is 9.59 Å². The van der Waals surface area contributed by atoms with Gasteiger partial charge in [0.05, 0.1) is 7.11 Å². The average molecular weight is 395 g/mol. The number of aryl methyl sites for hydroxylation is 2. The number of hydrogen-bond donors (Lipinski definition) is 0. The summed E-state index contributed by atoms with van der Waals surface area (Å²) in [5.41, 5.74) is 6.09. The highest BCUT2D eigenvalue weighted by Crippen LogP contribution is 2.25. The molecule has 0 radical (unpaired) electrons. The van der Waals surface area contributed by atoms with E-state index in [0.717, 1.165) is 36.3 Å². The molecule has 29 heavy (non-hydrogen) atoms. The number of hydrogen-bond acceptors (Lipinski definition) is 4. The number of carbonyl (C=O) groups is 2. The van der Waals surface area contributed by atoms with Crippen molar-refractivity contribution in [3.05, 3.63) is 63.7 Å². The Kier molecular flexibility index (Phi) is 6.38. The molecule has 0 saturated carbocycles. The minimum absolute atomic E-state index is 0.0464. The molecule has 2 aromatic rings. The summed E-state index contributed by atoms with van der Waals surface area (Å²) < 4.78 is 5.23. The minimum atomic E-state index is 0.0464. The zero-order valence-electron chi connectivity index (χ0n) is 18.0. The van der Waals surface area contributed by atoms with Gasteiger partial charge in [0.15, 0.2) is 5.78 Å². The summed E-state index contributed by atoms with van der Waals surface area (Å²) in [6.07, 6.45) is 0. The molecule has 0 bridgehead atoms. The highest BCUT2D eigenvalue weighted by Gasteiger charge is 2.24. The fourth-order valence-electron chi connectivity index (χ4n) is 4.28. The van der Waals surface area contributed by atoms with Crippen LogP contribution in [-0.4, -0.2) is 54.8 Å². The molecule has 2 aromatic carbocycles. The summed E-state index contributed by atoms with van der Waals surface area (Å²) in [5.74, 6) is 0.862. The van der Waals surface area contributed by atoms with E-state index in [-0.39, 0.29) is 11.7 Å². The van der Waals surface area contributed by atoms with Crippen molar-refractivity contribution in [3.8, 4) is 5.75 Å². The topological polar surface area (TPSA) is 49.9 Å². The quantitative estimate of drug-likeness (QED) is 0.724. The molecule has 0 N–H and O–H groups in total. The zero-order chi connectivity index (χ0) is 21.1. The molecule has 0 aliphatic carbocycles. The maximum absolute atomic E-state index is 12.8. The Morgan fingerprint density at radius 2 is 1.69 bits per heavy atom. The lowest BCUT2D eigenvalue weighted by atomic mass is 9.91. The van der Waals surface area contributed by atoms with Crippen molar-refractivity contribution in [2.45, 2.75) is 34.2 Å². The highest BCUT2D eigenvalue weighted by molar-refractivity contribution is 5.97. The molecule has 1 heterocycles. The number of carbonyl (C=O) groups excluding carboxylic acids is 2. The van der Waals surface area contributed by atoms with E-state index in [2.05, 4.69) is 24.8 Å². The molecular weight excluding hydrogens is 364 g/mol. The lowest BCUT2D eigenvalue weighted by Crippen LogP contribution is -2.48. The monoisotopic (exact) mass is 394 g/mol. The van der Waals surface area contributed by atoms with Crippen LogP contribution in [0.3, 0.4) is 0 Å². The van der Waals surface area contributed by atoms with Gasteiger partial charge in [0.25, 0.3) is 5.91 Å². The first-order valence-corrected chi connectivity index (χ1v) is 10.1. The van der Waals surface area contributed by atoms with Gasteiger partial charge in [-0.3, -0.25) is 14.5 Å². The fourth-order valence-corrected chi connectivity index (χ4v) is 4.28. The SMILES string of the molecule is COc1cccc(C(=O)N2CCN(Cc3c(C)cc(C)c(C(C)=O)c3C)CC2)c1. The van der Waals surface area contributed by atoms with Crippen LogP contribution >= 0.6 is 0 Å². The van der Waals surface area contributed by atoms with Crippen LogP contribution in [0.2, 0.25) is 0 Å². The molecule has 0 unspecified atom stereocenters. The number of benzene rings is 2. The standard InChI is InChI=1S/C24H30N2O3/c1-16-13-17(2)23(19(4)27)18(3)22(16)15-25-9-11-26(12-10-25)24(28)20-7-6-8-21(14-20)29-5/h6-8,13-14H,9-12,15H2,1-5H3. The van der Waals surface area contributed by atoms with Crippen molar-refractivity contribution < 1.29 is 14.3 Å². The normalized spacial score (nSPS) is 14.7. The molecule has 1 saturated heterocycles. The van der Waals surface area contributed by atoms with Crippen LogP contribution < -0.4 is 4.74 Å². The second kappa shape index (κ2) is 8.78. The number of Topliss-reactive ketones (excluding diaryl/α,β-unsaturated/α-hetero) is 1. The first-order valence-electron chi connectivity index (χ1n) is 10.1. The Hall–Kier alpha value is -2.66. The van der Waals surface area contributed by atoms with Crippen LogP contribution in [0.4, 0.5) is 0 Å². The van der Waals surface area contributed by atoms with Crippen molar-refractivity contribution >= 4 is 11.7 Å². The van der Waals surface area contributed by atoms with Gasteiger partial charge in [-0.25, -0.2) is 0 Å². The first kappa shape index (κ1) is 21.1. The summed E-state index contributed by atoms with van der Waals surface area (Å²) in [5, 5.41) is 0. The third-order valence-corrected chi connectivity index (χ3v) is 5.84. The fraction of sp³-hybridized carbons (Fsp3) is 0.417. The Morgan fingerprint density at radius 3 is 2.31 bits per heavy atom. The molecule has 5 nitrogen and oxygen atoms in total. The van der Waals surface area contributed by atoms with Crippen LogP contribution in [0.5, 0.6) is 5.75 Å². The van der Waals surface area contributed by atoms with Crippen molar-refractivity contribution in [1.29, 1.82) is 0 Å². The number of nitrogens with zero attached hydrogens (tertiary/aromatic N) is 2. The lowest BCUT2D eigenvalue weighted by Gasteiger charge is -2.35. The Bertz CT molecular complexity index is 928. The van der Waals surface area contributed by atoms with Crippen LogP contribution in [0.25, 0.3) is 0 Å². The number of amides is 1. The van der Waals surface area contributed by atoms with Gasteiger partial charge in [0.2, 0.25) is 0 Å². The van der Waals surface area contributed by atoms with Gasteiger partial charge in [-0.05, 0) is 68.1 Å². The van der Waals surface area contributed by atoms with Gasteiger partial charge >= 0.3 is 0 Å². The number of piperazine rings is 1. The molecule has 0 aromatic heterocycles. The third-order valence-electron chi connectivity index (χ3n) is 5.84. The molecule has 3 rings (SSSR count). The summed E-state index contributed by atoms with van der Waals surface area (Å²) in [6.45, 7) is 11.6. The van der Waals surface area contributed by atoms with E-state index in [1.54, 1.807) is 20.1 Å². The van der Waals surface area contributed by atoms with Crippen LogP contribution in [0, 0.1) is 20.8 Å². The van der Waals surface area contributed by atoms with E-state index in [1.165, 1.54) is 11.1 Å². The molecular formula is C24H30N2O3. The minimum Gasteiger partial charge on any atom is -0.497 e. The maximum atomic E-state index is 12.8.